The van der Waals surface area contributed by atoms with E-state index in [2.05, 4.69) is 11.2 Å². The van der Waals surface area contributed by atoms with Crippen molar-refractivity contribution in [3.63, 3.8) is 0 Å². The summed E-state index contributed by atoms with van der Waals surface area (Å²) in [6.45, 7) is 5.51. The second-order valence-electron chi connectivity index (χ2n) is 3.20. The van der Waals surface area contributed by atoms with Gasteiger partial charge >= 0.3 is 0 Å². The molecule has 0 radical (unpaired) electrons. The quantitative estimate of drug-likeness (QED) is 0.684. The fourth-order valence-electron chi connectivity index (χ4n) is 1.47. The van der Waals surface area contributed by atoms with Gasteiger partial charge < -0.3 is 0 Å². The molecule has 0 aliphatic heterocycles. The SMILES string of the molecule is CCC(C#N)n1nc(C)c(C=O)c1C. The monoisotopic (exact) mass is 191 g/mol. The second kappa shape index (κ2) is 4.05. The molecule has 1 aromatic heterocycles. The molecule has 0 spiro atoms. The van der Waals surface area contributed by atoms with Gasteiger partial charge in [0.2, 0.25) is 0 Å². The van der Waals surface area contributed by atoms with Crippen molar-refractivity contribution in [3.05, 3.63) is 17.0 Å². The molecule has 1 rings (SSSR count). The molecule has 0 amide bonds. The van der Waals surface area contributed by atoms with Gasteiger partial charge in [-0.3, -0.25) is 9.48 Å². The number of hydrogen-bond donors (Lipinski definition) is 0. The number of rotatable bonds is 3. The highest BCUT2D eigenvalue weighted by Crippen LogP contribution is 2.17. The summed E-state index contributed by atoms with van der Waals surface area (Å²) >= 11 is 0. The number of aromatic nitrogens is 2. The minimum absolute atomic E-state index is 0.276. The van der Waals surface area contributed by atoms with Crippen molar-refractivity contribution < 1.29 is 4.79 Å². The smallest absolute Gasteiger partial charge is 0.153 e. The Morgan fingerprint density at radius 2 is 2.29 bits per heavy atom. The van der Waals surface area contributed by atoms with Crippen LogP contribution in [0.3, 0.4) is 0 Å². The Bertz CT molecular complexity index is 387. The molecule has 4 heteroatoms. The topological polar surface area (TPSA) is 58.7 Å². The first kappa shape index (κ1) is 10.5. The average molecular weight is 191 g/mol. The van der Waals surface area contributed by atoms with Crippen LogP contribution in [0.5, 0.6) is 0 Å². The molecule has 1 atom stereocenters. The van der Waals surface area contributed by atoms with Crippen molar-refractivity contribution in [2.75, 3.05) is 0 Å². The maximum atomic E-state index is 10.7. The van der Waals surface area contributed by atoms with Crippen LogP contribution in [-0.2, 0) is 0 Å². The molecule has 74 valence electrons. The van der Waals surface area contributed by atoms with E-state index in [0.717, 1.165) is 12.0 Å². The molecule has 1 heterocycles. The zero-order chi connectivity index (χ0) is 10.7. The van der Waals surface area contributed by atoms with E-state index in [1.54, 1.807) is 11.6 Å². The van der Waals surface area contributed by atoms with Crippen LogP contribution < -0.4 is 0 Å². The Labute approximate surface area is 83.1 Å². The molecule has 0 saturated carbocycles. The van der Waals surface area contributed by atoms with Crippen LogP contribution in [0.4, 0.5) is 0 Å². The van der Waals surface area contributed by atoms with E-state index < -0.39 is 0 Å². The average Bonchev–Trinajstić information content (AvgIpc) is 2.45. The number of aryl methyl sites for hydroxylation is 1. The summed E-state index contributed by atoms with van der Waals surface area (Å²) in [7, 11) is 0. The lowest BCUT2D eigenvalue weighted by molar-refractivity contribution is 0.112. The maximum Gasteiger partial charge on any atom is 0.153 e. The zero-order valence-corrected chi connectivity index (χ0v) is 8.61. The molecule has 0 fully saturated rings. The van der Waals surface area contributed by atoms with Gasteiger partial charge in [-0.2, -0.15) is 10.4 Å². The number of aldehydes is 1. The third-order valence-corrected chi connectivity index (χ3v) is 2.33. The van der Waals surface area contributed by atoms with Gasteiger partial charge in [0, 0.05) is 5.69 Å². The summed E-state index contributed by atoms with van der Waals surface area (Å²) in [6.07, 6.45) is 1.48. The summed E-state index contributed by atoms with van der Waals surface area (Å²) in [4.78, 5) is 10.7. The van der Waals surface area contributed by atoms with E-state index in [0.29, 0.717) is 17.7 Å². The highest BCUT2D eigenvalue weighted by molar-refractivity contribution is 5.78. The molecule has 0 aliphatic rings. The summed E-state index contributed by atoms with van der Waals surface area (Å²) < 4.78 is 1.62. The van der Waals surface area contributed by atoms with Crippen LogP contribution in [0.1, 0.15) is 41.1 Å². The first-order valence-corrected chi connectivity index (χ1v) is 4.56. The van der Waals surface area contributed by atoms with Gasteiger partial charge in [0.15, 0.2) is 6.29 Å². The third kappa shape index (κ3) is 1.53. The van der Waals surface area contributed by atoms with E-state index in [1.807, 2.05) is 13.8 Å². The minimum atomic E-state index is -0.276. The molecular weight excluding hydrogens is 178 g/mol. The lowest BCUT2D eigenvalue weighted by Gasteiger charge is -2.08. The summed E-state index contributed by atoms with van der Waals surface area (Å²) in [6, 6.07) is 1.88. The maximum absolute atomic E-state index is 10.7. The number of carbonyl (C=O) groups is 1. The van der Waals surface area contributed by atoms with Crippen LogP contribution in [0, 0.1) is 25.2 Å². The molecule has 0 aromatic carbocycles. The van der Waals surface area contributed by atoms with Crippen molar-refractivity contribution in [2.45, 2.75) is 33.2 Å². The lowest BCUT2D eigenvalue weighted by atomic mass is 10.2. The predicted octanol–water partition coefficient (Wildman–Crippen LogP) is 1.79. The molecule has 0 bridgehead atoms. The van der Waals surface area contributed by atoms with Crippen molar-refractivity contribution in [2.24, 2.45) is 0 Å². The molecule has 0 aliphatic carbocycles. The fourth-order valence-corrected chi connectivity index (χ4v) is 1.47. The molecule has 1 aromatic rings. The Morgan fingerprint density at radius 1 is 1.64 bits per heavy atom. The molecule has 1 unspecified atom stereocenters. The third-order valence-electron chi connectivity index (χ3n) is 2.33. The summed E-state index contributed by atoms with van der Waals surface area (Å²) in [5.41, 5.74) is 2.05. The Morgan fingerprint density at radius 3 is 2.64 bits per heavy atom. The zero-order valence-electron chi connectivity index (χ0n) is 8.61. The van der Waals surface area contributed by atoms with Gasteiger partial charge in [0.05, 0.1) is 17.3 Å². The fraction of sp³-hybridized carbons (Fsp3) is 0.500. The molecule has 4 nitrogen and oxygen atoms in total. The number of nitriles is 1. The number of carbonyl (C=O) groups excluding carboxylic acids is 1. The highest BCUT2D eigenvalue weighted by Gasteiger charge is 2.16. The highest BCUT2D eigenvalue weighted by atomic mass is 16.1. The molecule has 0 saturated heterocycles. The number of nitrogens with zero attached hydrogens (tertiary/aromatic N) is 3. The van der Waals surface area contributed by atoms with Crippen molar-refractivity contribution >= 4 is 6.29 Å². The van der Waals surface area contributed by atoms with E-state index in [4.69, 9.17) is 5.26 Å². The summed E-state index contributed by atoms with van der Waals surface area (Å²) in [5.74, 6) is 0. The Kier molecular flexibility index (Phi) is 3.03. The van der Waals surface area contributed by atoms with Gasteiger partial charge in [-0.25, -0.2) is 0 Å². The van der Waals surface area contributed by atoms with Gasteiger partial charge in [-0.1, -0.05) is 6.92 Å². The second-order valence-corrected chi connectivity index (χ2v) is 3.20. The first-order valence-electron chi connectivity index (χ1n) is 4.56. The van der Waals surface area contributed by atoms with Crippen molar-refractivity contribution in [1.29, 1.82) is 5.26 Å². The predicted molar refractivity (Wildman–Crippen MR) is 52.0 cm³/mol. The lowest BCUT2D eigenvalue weighted by Crippen LogP contribution is -2.09. The van der Waals surface area contributed by atoms with Crippen LogP contribution in [0.25, 0.3) is 0 Å². The minimum Gasteiger partial charge on any atom is -0.298 e. The number of hydrogen-bond acceptors (Lipinski definition) is 3. The summed E-state index contributed by atoms with van der Waals surface area (Å²) in [5, 5.41) is 13.1. The normalized spacial score (nSPS) is 12.1. The van der Waals surface area contributed by atoms with Gasteiger partial charge in [-0.15, -0.1) is 0 Å². The van der Waals surface area contributed by atoms with Crippen LogP contribution in [0.2, 0.25) is 0 Å². The van der Waals surface area contributed by atoms with Crippen LogP contribution in [0.15, 0.2) is 0 Å². The largest absolute Gasteiger partial charge is 0.298 e. The van der Waals surface area contributed by atoms with Crippen molar-refractivity contribution in [3.8, 4) is 6.07 Å². The first-order chi connectivity index (χ1) is 6.65. The van der Waals surface area contributed by atoms with Crippen LogP contribution >= 0.6 is 0 Å². The van der Waals surface area contributed by atoms with E-state index >= 15 is 0 Å². The standard InChI is InChI=1S/C10H13N3O/c1-4-9(5-11)13-8(3)10(6-14)7(2)12-13/h6,9H,4H2,1-3H3. The van der Waals surface area contributed by atoms with Gasteiger partial charge in [0.1, 0.15) is 6.04 Å². The van der Waals surface area contributed by atoms with Gasteiger partial charge in [0.25, 0.3) is 0 Å². The van der Waals surface area contributed by atoms with E-state index in [9.17, 15) is 4.79 Å². The van der Waals surface area contributed by atoms with Crippen LogP contribution in [-0.4, -0.2) is 16.1 Å². The van der Waals surface area contributed by atoms with Crippen molar-refractivity contribution in [1.82, 2.24) is 9.78 Å². The Balaban J connectivity index is 3.24. The van der Waals surface area contributed by atoms with Gasteiger partial charge in [-0.05, 0) is 20.3 Å². The molecular formula is C10H13N3O. The van der Waals surface area contributed by atoms with E-state index in [1.165, 1.54) is 0 Å². The van der Waals surface area contributed by atoms with E-state index in [-0.39, 0.29) is 6.04 Å². The Hall–Kier alpha value is -1.63. The molecule has 0 N–H and O–H groups in total. The molecule has 14 heavy (non-hydrogen) atoms.